The third kappa shape index (κ3) is 15.5. The minimum Gasteiger partial charge on any atom is -0.486 e. The zero-order chi connectivity index (χ0) is 59.5. The number of benzene rings is 4. The molecule has 2 aromatic heterocycles. The summed E-state index contributed by atoms with van der Waals surface area (Å²) in [5.41, 5.74) is 18.0. The van der Waals surface area contributed by atoms with Crippen LogP contribution in [-0.2, 0) is 41.2 Å². The fourth-order valence-corrected chi connectivity index (χ4v) is 10.5. The summed E-state index contributed by atoms with van der Waals surface area (Å²) in [5, 5.41) is 6.81. The van der Waals surface area contributed by atoms with Crippen molar-refractivity contribution in [2.75, 3.05) is 77.2 Å². The van der Waals surface area contributed by atoms with Crippen LogP contribution in [0.5, 0.6) is 11.5 Å². The third-order valence-electron chi connectivity index (χ3n) is 15.0. The number of nitrogens with one attached hydrogen (secondary N) is 2. The monoisotopic (exact) mass is 1240 g/mol. The van der Waals surface area contributed by atoms with Crippen molar-refractivity contribution < 1.29 is 47.4 Å². The molecule has 0 saturated carbocycles. The Kier molecular flexibility index (Phi) is 20.1. The van der Waals surface area contributed by atoms with E-state index >= 15 is 0 Å². The van der Waals surface area contributed by atoms with Crippen molar-refractivity contribution in [1.29, 1.82) is 0 Å². The zero-order valence-corrected chi connectivity index (χ0v) is 50.2. The molecule has 2 unspecified atom stereocenters. The van der Waals surface area contributed by atoms with Gasteiger partial charge in [0.1, 0.15) is 35.3 Å². The van der Waals surface area contributed by atoms with E-state index in [-0.39, 0.29) is 47.0 Å². The molecule has 7 heterocycles. The van der Waals surface area contributed by atoms with E-state index < -0.39 is 7.12 Å². The Balaban J connectivity index is 0.000000158. The van der Waals surface area contributed by atoms with E-state index in [2.05, 4.69) is 36.5 Å². The van der Waals surface area contributed by atoms with Crippen LogP contribution in [0, 0.1) is 0 Å². The maximum absolute atomic E-state index is 13.0. The Labute approximate surface area is 507 Å². The van der Waals surface area contributed by atoms with Gasteiger partial charge in [-0.3, -0.25) is 19.2 Å². The highest BCUT2D eigenvalue weighted by Crippen LogP contribution is 2.43. The predicted octanol–water partition coefficient (Wildman–Crippen LogP) is 8.26. The SMILES string of the molecule is CC1(C)OB(c2cccc(C(=O)N3CCOCC3)c2)OC1(C)C.Nc1ccc(/C=C/C(=O)NCC2Cc3c(-c4cccc(C(=O)N5CCOCC5)c4)ccc(Cl)c3O2)cn1.Nc1ccc(/C=C/C(=O)NCC2Cc3c(Br)ccc(Cl)c3O2)cn1. The number of halogens is 3. The molecule has 5 aliphatic heterocycles. The summed E-state index contributed by atoms with van der Waals surface area (Å²) in [5.74, 6) is 1.77. The largest absolute Gasteiger partial charge is 0.494 e. The van der Waals surface area contributed by atoms with Crippen molar-refractivity contribution in [2.24, 2.45) is 0 Å². The van der Waals surface area contributed by atoms with Crippen LogP contribution in [0.15, 0.2) is 126 Å². The molecule has 84 heavy (non-hydrogen) atoms. The number of hydrogen-bond donors (Lipinski definition) is 4. The van der Waals surface area contributed by atoms with E-state index in [0.29, 0.717) is 123 Å². The van der Waals surface area contributed by atoms with E-state index in [0.717, 1.165) is 43.3 Å². The van der Waals surface area contributed by atoms with Gasteiger partial charge in [0.25, 0.3) is 11.8 Å². The first-order chi connectivity index (χ1) is 40.3. The van der Waals surface area contributed by atoms with E-state index in [1.54, 1.807) is 60.9 Å². The number of nitrogens with two attached hydrogens (primary N) is 2. The van der Waals surface area contributed by atoms with Crippen LogP contribution in [0.1, 0.15) is 70.7 Å². The molecule has 0 aliphatic carbocycles. The number of carbonyl (C=O) groups is 4. The molecule has 0 spiro atoms. The lowest BCUT2D eigenvalue weighted by Crippen LogP contribution is -2.41. The molecule has 5 aliphatic rings. The second kappa shape index (κ2) is 27.6. The van der Waals surface area contributed by atoms with E-state index in [1.165, 1.54) is 12.2 Å². The van der Waals surface area contributed by atoms with Crippen molar-refractivity contribution in [3.63, 3.8) is 0 Å². The summed E-state index contributed by atoms with van der Waals surface area (Å²) in [6.07, 6.45) is 10.3. The Morgan fingerprint density at radius 1 is 0.643 bits per heavy atom. The van der Waals surface area contributed by atoms with Crippen molar-refractivity contribution in [3.8, 4) is 22.6 Å². The molecule has 438 valence electrons. The van der Waals surface area contributed by atoms with Gasteiger partial charge in [-0.2, -0.15) is 0 Å². The Hall–Kier alpha value is -7.30. The number of nitrogens with zero attached hydrogens (tertiary/aromatic N) is 4. The molecule has 18 nitrogen and oxygen atoms in total. The van der Waals surface area contributed by atoms with E-state index in [9.17, 15) is 19.2 Å². The Morgan fingerprint density at radius 3 is 1.62 bits per heavy atom. The quantitative estimate of drug-likeness (QED) is 0.0668. The zero-order valence-electron chi connectivity index (χ0n) is 47.1. The Morgan fingerprint density at radius 2 is 1.12 bits per heavy atom. The number of fused-ring (bicyclic) bond motifs is 2. The summed E-state index contributed by atoms with van der Waals surface area (Å²) < 4.78 is 35.7. The van der Waals surface area contributed by atoms with Crippen molar-refractivity contribution in [2.45, 2.75) is 63.9 Å². The van der Waals surface area contributed by atoms with Gasteiger partial charge in [0.15, 0.2) is 0 Å². The normalized spacial score (nSPS) is 18.3. The van der Waals surface area contributed by atoms with E-state index in [4.69, 9.17) is 62.9 Å². The second-order valence-electron chi connectivity index (χ2n) is 21.4. The minimum atomic E-state index is -0.447. The van der Waals surface area contributed by atoms with Gasteiger partial charge in [0.05, 0.1) is 60.8 Å². The van der Waals surface area contributed by atoms with Crippen LogP contribution in [-0.4, -0.2) is 140 Å². The second-order valence-corrected chi connectivity index (χ2v) is 23.1. The number of hydrogen-bond acceptors (Lipinski definition) is 14. The van der Waals surface area contributed by atoms with Gasteiger partial charge >= 0.3 is 7.12 Å². The molecule has 6 aromatic rings. The van der Waals surface area contributed by atoms with Crippen molar-refractivity contribution in [1.82, 2.24) is 30.4 Å². The number of carbonyl (C=O) groups excluding carboxylic acids is 4. The Bertz CT molecular complexity index is 3370. The number of morpholine rings is 2. The number of nitrogen functional groups attached to an aromatic ring is 2. The summed E-state index contributed by atoms with van der Waals surface area (Å²) in [6, 6.07) is 29.5. The lowest BCUT2D eigenvalue weighted by atomic mass is 9.78. The highest BCUT2D eigenvalue weighted by Gasteiger charge is 2.52. The summed E-state index contributed by atoms with van der Waals surface area (Å²) in [6.45, 7) is 13.6. The molecule has 0 radical (unpaired) electrons. The van der Waals surface area contributed by atoms with Crippen LogP contribution in [0.25, 0.3) is 23.3 Å². The molecule has 3 saturated heterocycles. The van der Waals surface area contributed by atoms with E-state index in [1.807, 2.05) is 98.2 Å². The molecular weight excluding hydrogens is 1180 g/mol. The summed E-state index contributed by atoms with van der Waals surface area (Å²) >= 11 is 16.1. The number of aromatic nitrogens is 2. The molecular formula is C62H66BBrCl2N8O10. The maximum Gasteiger partial charge on any atom is 0.494 e. The lowest BCUT2D eigenvalue weighted by molar-refractivity contribution is -0.117. The molecule has 4 aromatic carbocycles. The van der Waals surface area contributed by atoms with Gasteiger partial charge in [-0.1, -0.05) is 69.5 Å². The third-order valence-corrected chi connectivity index (χ3v) is 16.3. The van der Waals surface area contributed by atoms with Gasteiger partial charge in [0.2, 0.25) is 11.8 Å². The van der Waals surface area contributed by atoms with Gasteiger partial charge in [0, 0.05) is 90.3 Å². The summed E-state index contributed by atoms with van der Waals surface area (Å²) in [4.78, 5) is 61.5. The average molecular weight is 1240 g/mol. The topological polar surface area (TPSA) is 232 Å². The fourth-order valence-electron chi connectivity index (χ4n) is 9.63. The van der Waals surface area contributed by atoms with Crippen LogP contribution >= 0.6 is 39.1 Å². The summed E-state index contributed by atoms with van der Waals surface area (Å²) in [7, 11) is -0.447. The first kappa shape index (κ1) is 61.3. The number of anilines is 2. The number of ether oxygens (including phenoxy) is 4. The first-order valence-corrected chi connectivity index (χ1v) is 29.1. The van der Waals surface area contributed by atoms with Crippen LogP contribution in [0.2, 0.25) is 10.0 Å². The van der Waals surface area contributed by atoms with Gasteiger partial charge < -0.3 is 60.2 Å². The lowest BCUT2D eigenvalue weighted by Gasteiger charge is -2.32. The smallest absolute Gasteiger partial charge is 0.486 e. The molecule has 22 heteroatoms. The van der Waals surface area contributed by atoms with Crippen LogP contribution in [0.3, 0.4) is 0 Å². The minimum absolute atomic E-state index is 0.00426. The molecule has 0 bridgehead atoms. The van der Waals surface area contributed by atoms with Gasteiger partial charge in [-0.05, 0) is 134 Å². The van der Waals surface area contributed by atoms with Gasteiger partial charge in [-0.25, -0.2) is 9.97 Å². The van der Waals surface area contributed by atoms with Crippen molar-refractivity contribution >= 4 is 99.1 Å². The highest BCUT2D eigenvalue weighted by molar-refractivity contribution is 9.10. The molecule has 11 rings (SSSR count). The van der Waals surface area contributed by atoms with Crippen molar-refractivity contribution in [3.05, 3.63) is 170 Å². The maximum atomic E-state index is 13.0. The predicted molar refractivity (Wildman–Crippen MR) is 329 cm³/mol. The molecule has 6 N–H and O–H groups in total. The highest BCUT2D eigenvalue weighted by atomic mass is 79.9. The molecule has 4 amide bonds. The molecule has 3 fully saturated rings. The van der Waals surface area contributed by atoms with Crippen LogP contribution in [0.4, 0.5) is 11.6 Å². The number of pyridine rings is 2. The first-order valence-electron chi connectivity index (χ1n) is 27.6. The molecule has 2 atom stereocenters. The average Bonchev–Trinajstić information content (AvgIpc) is 3.08. The standard InChI is InChI=1S/C28H27ClN4O4.C17H24BNO4.C17H15BrClN3O2/c29-24-7-6-22(19-2-1-3-20(14-19)28(35)33-10-12-36-13-11-33)23-15-21(37-27(23)24)17-32-26(34)9-5-18-4-8-25(30)31-16-18;1-16(2)17(3,4)23-18(22-16)14-7-5-6-13(12-14)15(20)19-8-10-21-11-9-19;18-13-3-4-14(19)17-12(13)7-11(24-17)9-22-16(23)6-2-10-1-5-15(20)21-8-10/h1-9,14,16,21H,10-13,15,17H2,(H2,30,31)(H,32,34);5-7,12H,8-11H2,1-4H3;1-6,8,11H,7,9H2,(H2,20,21)(H,22,23)/b9-5+;;6-2+. The fraction of sp³-hybridized carbons (Fsp3) is 0.323. The number of rotatable bonds is 12. The van der Waals surface area contributed by atoms with Gasteiger partial charge in [-0.15, -0.1) is 0 Å². The number of amides is 4. The van der Waals surface area contributed by atoms with Crippen LogP contribution < -0.4 is 37.0 Å².